The minimum absolute atomic E-state index is 0.0267. The van der Waals surface area contributed by atoms with Gasteiger partial charge >= 0.3 is 19.1 Å². The van der Waals surface area contributed by atoms with Gasteiger partial charge in [-0.05, 0) is 60.0 Å². The molecule has 0 bridgehead atoms. The summed E-state index contributed by atoms with van der Waals surface area (Å²) in [5, 5.41) is 0. The van der Waals surface area contributed by atoms with Crippen molar-refractivity contribution in [3.63, 3.8) is 0 Å². The first-order valence-electron chi connectivity index (χ1n) is 9.08. The van der Waals surface area contributed by atoms with Crippen LogP contribution in [-0.2, 0) is 28.4 Å². The third-order valence-electron chi connectivity index (χ3n) is 4.67. The Morgan fingerprint density at radius 2 is 1.23 bits per heavy atom. The van der Waals surface area contributed by atoms with Crippen molar-refractivity contribution >= 4 is 19.1 Å². The van der Waals surface area contributed by atoms with Crippen LogP contribution in [0.4, 0.5) is 4.39 Å². The molecule has 0 aromatic carbocycles. The quantitative estimate of drug-likeness (QED) is 0.456. The third-order valence-corrected chi connectivity index (χ3v) is 4.67. The second-order valence-electron chi connectivity index (χ2n) is 7.15. The van der Waals surface area contributed by atoms with E-state index in [0.29, 0.717) is 5.57 Å². The number of ether oxygens (including phenoxy) is 2. The van der Waals surface area contributed by atoms with Crippen LogP contribution < -0.4 is 0 Å². The average molecular weight is 372 g/mol. The van der Waals surface area contributed by atoms with Gasteiger partial charge in [-0.25, -0.2) is 4.39 Å². The molecular formula is C18H30BFO6. The van der Waals surface area contributed by atoms with Gasteiger partial charge in [-0.3, -0.25) is 9.59 Å². The van der Waals surface area contributed by atoms with Gasteiger partial charge < -0.3 is 18.8 Å². The fraction of sp³-hybridized carbons (Fsp3) is 0.778. The van der Waals surface area contributed by atoms with Crippen molar-refractivity contribution in [3.05, 3.63) is 11.3 Å². The molecule has 0 radical (unpaired) electrons. The molecule has 0 spiro atoms. The maximum absolute atomic E-state index is 15.1. The van der Waals surface area contributed by atoms with Gasteiger partial charge in [0.1, 0.15) is 5.73 Å². The van der Waals surface area contributed by atoms with Gasteiger partial charge in [0.2, 0.25) is 0 Å². The number of halogens is 1. The first-order valence-corrected chi connectivity index (χ1v) is 9.08. The molecule has 0 N–H and O–H groups in total. The number of carbonyl (C=O) groups excluding carboxylic acids is 2. The zero-order chi connectivity index (χ0) is 20.0. The van der Waals surface area contributed by atoms with Crippen LogP contribution in [-0.4, -0.2) is 43.5 Å². The minimum atomic E-state index is -1.15. The summed E-state index contributed by atoms with van der Waals surface area (Å²) in [6.07, 6.45) is 0.320. The molecule has 8 heteroatoms. The van der Waals surface area contributed by atoms with Crippen LogP contribution in [0.3, 0.4) is 0 Å². The van der Waals surface area contributed by atoms with E-state index in [2.05, 4.69) is 0 Å². The molecule has 0 aromatic heterocycles. The molecule has 1 rings (SSSR count). The predicted molar refractivity (Wildman–Crippen MR) is 96.0 cm³/mol. The average Bonchev–Trinajstić information content (AvgIpc) is 2.75. The fourth-order valence-electron chi connectivity index (χ4n) is 2.45. The Balaban J connectivity index is 2.91. The maximum Gasteiger partial charge on any atom is 0.525 e. The fourth-order valence-corrected chi connectivity index (χ4v) is 2.45. The van der Waals surface area contributed by atoms with Gasteiger partial charge in [-0.2, -0.15) is 0 Å². The lowest BCUT2D eigenvalue weighted by Crippen LogP contribution is -2.41. The van der Waals surface area contributed by atoms with Crippen molar-refractivity contribution in [1.29, 1.82) is 0 Å². The molecule has 1 heterocycles. The van der Waals surface area contributed by atoms with E-state index in [0.717, 1.165) is 0 Å². The van der Waals surface area contributed by atoms with E-state index in [1.807, 2.05) is 27.7 Å². The molecule has 1 aliphatic heterocycles. The highest BCUT2D eigenvalue weighted by Gasteiger charge is 2.53. The van der Waals surface area contributed by atoms with Crippen LogP contribution in [0.5, 0.6) is 0 Å². The van der Waals surface area contributed by atoms with Crippen molar-refractivity contribution in [2.75, 3.05) is 13.2 Å². The van der Waals surface area contributed by atoms with Crippen LogP contribution in [0.15, 0.2) is 11.3 Å². The third kappa shape index (κ3) is 6.09. The molecule has 0 atom stereocenters. The molecule has 0 saturated carbocycles. The number of hydrogen-bond acceptors (Lipinski definition) is 6. The number of allylic oxidation sites excluding steroid dienone is 1. The lowest BCUT2D eigenvalue weighted by atomic mass is 9.82. The summed E-state index contributed by atoms with van der Waals surface area (Å²) in [5.74, 6) is -0.828. The van der Waals surface area contributed by atoms with E-state index in [-0.39, 0.29) is 38.9 Å². The molecule has 26 heavy (non-hydrogen) atoms. The number of esters is 2. The Labute approximate surface area is 155 Å². The van der Waals surface area contributed by atoms with Crippen molar-refractivity contribution in [1.82, 2.24) is 0 Å². The number of carbonyl (C=O) groups is 2. The highest BCUT2D eigenvalue weighted by molar-refractivity contribution is 6.53. The van der Waals surface area contributed by atoms with Crippen molar-refractivity contribution in [3.8, 4) is 0 Å². The molecular weight excluding hydrogens is 342 g/mol. The van der Waals surface area contributed by atoms with Crippen LogP contribution in [0.2, 0.25) is 0 Å². The molecule has 0 aliphatic carbocycles. The lowest BCUT2D eigenvalue weighted by Gasteiger charge is -2.32. The zero-order valence-corrected chi connectivity index (χ0v) is 16.6. The summed E-state index contributed by atoms with van der Waals surface area (Å²) in [5.41, 5.74) is -1.63. The molecule has 1 aliphatic rings. The van der Waals surface area contributed by atoms with E-state index < -0.39 is 36.0 Å². The SMILES string of the molecule is CCOC(=O)CCC(CCC(=O)OCC)=C(F)B1OC(C)(C)C(C)(C)O1. The standard InChI is InChI=1S/C18H30BFO6/c1-7-23-14(21)11-9-13(10-12-15(22)24-8-2)16(20)19-25-17(3,4)18(5,6)26-19/h7-12H2,1-6H3. The van der Waals surface area contributed by atoms with Gasteiger partial charge in [-0.1, -0.05) is 0 Å². The smallest absolute Gasteiger partial charge is 0.466 e. The first-order chi connectivity index (χ1) is 12.0. The van der Waals surface area contributed by atoms with Crippen LogP contribution >= 0.6 is 0 Å². The summed E-state index contributed by atoms with van der Waals surface area (Å²) in [7, 11) is -1.15. The van der Waals surface area contributed by atoms with E-state index >= 15 is 4.39 Å². The minimum Gasteiger partial charge on any atom is -0.466 e. The Morgan fingerprint density at radius 3 is 1.58 bits per heavy atom. The number of rotatable bonds is 9. The molecule has 1 fully saturated rings. The summed E-state index contributed by atoms with van der Waals surface area (Å²) < 4.78 is 36.3. The lowest BCUT2D eigenvalue weighted by molar-refractivity contribution is -0.143. The molecule has 148 valence electrons. The van der Waals surface area contributed by atoms with E-state index in [9.17, 15) is 9.59 Å². The van der Waals surface area contributed by atoms with Crippen molar-refractivity contribution < 1.29 is 32.8 Å². The molecule has 1 saturated heterocycles. The molecule has 0 aromatic rings. The molecule has 0 unspecified atom stereocenters. The normalized spacial score (nSPS) is 17.7. The maximum atomic E-state index is 15.1. The monoisotopic (exact) mass is 372 g/mol. The molecule has 0 amide bonds. The summed E-state index contributed by atoms with van der Waals surface area (Å²) in [6, 6.07) is 0. The second-order valence-corrected chi connectivity index (χ2v) is 7.15. The Hall–Kier alpha value is -1.41. The highest BCUT2D eigenvalue weighted by atomic mass is 19.1. The van der Waals surface area contributed by atoms with Gasteiger partial charge in [0.15, 0.2) is 0 Å². The summed E-state index contributed by atoms with van der Waals surface area (Å²) >= 11 is 0. The Kier molecular flexibility index (Phi) is 8.28. The topological polar surface area (TPSA) is 71.1 Å². The van der Waals surface area contributed by atoms with Crippen molar-refractivity contribution in [2.24, 2.45) is 0 Å². The zero-order valence-electron chi connectivity index (χ0n) is 16.6. The molecule has 6 nitrogen and oxygen atoms in total. The van der Waals surface area contributed by atoms with Gasteiger partial charge in [0.25, 0.3) is 0 Å². The van der Waals surface area contributed by atoms with Crippen molar-refractivity contribution in [2.45, 2.75) is 78.4 Å². The Morgan fingerprint density at radius 1 is 0.846 bits per heavy atom. The van der Waals surface area contributed by atoms with Crippen LogP contribution in [0, 0.1) is 0 Å². The summed E-state index contributed by atoms with van der Waals surface area (Å²) in [6.45, 7) is 11.3. The largest absolute Gasteiger partial charge is 0.525 e. The van der Waals surface area contributed by atoms with E-state index in [1.165, 1.54) is 0 Å². The predicted octanol–water partition coefficient (Wildman–Crippen LogP) is 3.53. The summed E-state index contributed by atoms with van der Waals surface area (Å²) in [4.78, 5) is 23.2. The van der Waals surface area contributed by atoms with Crippen LogP contribution in [0.25, 0.3) is 0 Å². The first kappa shape index (κ1) is 22.6. The van der Waals surface area contributed by atoms with Gasteiger partial charge in [-0.15, -0.1) is 0 Å². The van der Waals surface area contributed by atoms with Crippen LogP contribution in [0.1, 0.15) is 67.2 Å². The second kappa shape index (κ2) is 9.51. The van der Waals surface area contributed by atoms with E-state index in [1.54, 1.807) is 13.8 Å². The number of hydrogen-bond donors (Lipinski definition) is 0. The van der Waals surface area contributed by atoms with Gasteiger partial charge in [0.05, 0.1) is 24.4 Å². The van der Waals surface area contributed by atoms with E-state index in [4.69, 9.17) is 18.8 Å². The Bertz CT molecular complexity index is 504. The van der Waals surface area contributed by atoms with Gasteiger partial charge in [0, 0.05) is 12.8 Å². The highest BCUT2D eigenvalue weighted by Crippen LogP contribution is 2.40.